The first kappa shape index (κ1) is 12.2. The lowest BCUT2D eigenvalue weighted by Crippen LogP contribution is -2.35. The zero-order chi connectivity index (χ0) is 12.6. The fourth-order valence-electron chi connectivity index (χ4n) is 1.79. The molecule has 6 heteroatoms. The lowest BCUT2D eigenvalue weighted by molar-refractivity contribution is -0.114. The predicted octanol–water partition coefficient (Wildman–Crippen LogP) is 1.34. The summed E-state index contributed by atoms with van der Waals surface area (Å²) in [5.74, 6) is -1.80. The van der Waals surface area contributed by atoms with E-state index in [0.29, 0.717) is 23.2 Å². The van der Waals surface area contributed by atoms with E-state index in [1.165, 1.54) is 11.0 Å². The van der Waals surface area contributed by atoms with Gasteiger partial charge in [0.25, 0.3) is 11.7 Å². The molecule has 0 saturated carbocycles. The van der Waals surface area contributed by atoms with E-state index in [2.05, 4.69) is 21.2 Å². The van der Waals surface area contributed by atoms with Crippen LogP contribution in [0.25, 0.3) is 0 Å². The third-order valence-electron chi connectivity index (χ3n) is 2.57. The topological polar surface area (TPSA) is 49.4 Å². The number of halogens is 2. The van der Waals surface area contributed by atoms with Gasteiger partial charge in [-0.15, -0.1) is 0 Å². The van der Waals surface area contributed by atoms with Crippen molar-refractivity contribution in [2.75, 3.05) is 25.0 Å². The molecule has 1 aliphatic rings. The van der Waals surface area contributed by atoms with Gasteiger partial charge in [0.2, 0.25) is 0 Å². The summed E-state index contributed by atoms with van der Waals surface area (Å²) in [5, 5.41) is 2.90. The third-order valence-corrected chi connectivity index (χ3v) is 3.17. The molecule has 1 aliphatic heterocycles. The van der Waals surface area contributed by atoms with E-state index >= 15 is 0 Å². The highest BCUT2D eigenvalue weighted by Crippen LogP contribution is 2.36. The zero-order valence-electron chi connectivity index (χ0n) is 9.09. The van der Waals surface area contributed by atoms with Crippen molar-refractivity contribution < 1.29 is 14.0 Å². The number of fused-ring (bicyclic) bond motifs is 1. The molecule has 0 radical (unpaired) electrons. The van der Waals surface area contributed by atoms with Crippen LogP contribution in [0.3, 0.4) is 0 Å². The summed E-state index contributed by atoms with van der Waals surface area (Å²) >= 11 is 3.18. The highest BCUT2D eigenvalue weighted by molar-refractivity contribution is 9.10. The highest BCUT2D eigenvalue weighted by atomic mass is 79.9. The lowest BCUT2D eigenvalue weighted by atomic mass is 10.1. The molecule has 0 saturated heterocycles. The Morgan fingerprint density at radius 1 is 1.41 bits per heavy atom. The Morgan fingerprint density at radius 3 is 2.76 bits per heavy atom. The SMILES string of the molecule is CNCCN1C(=O)C(=O)c2cc(F)cc(Br)c21. The molecule has 17 heavy (non-hydrogen) atoms. The minimum Gasteiger partial charge on any atom is -0.318 e. The Bertz CT molecular complexity index is 504. The summed E-state index contributed by atoms with van der Waals surface area (Å²) < 4.78 is 13.6. The summed E-state index contributed by atoms with van der Waals surface area (Å²) in [6.07, 6.45) is 0. The fourth-order valence-corrected chi connectivity index (χ4v) is 2.44. The maximum absolute atomic E-state index is 13.2. The molecule has 1 aromatic carbocycles. The Kier molecular flexibility index (Phi) is 3.26. The van der Waals surface area contributed by atoms with Gasteiger partial charge in [0.1, 0.15) is 5.82 Å². The molecule has 0 spiro atoms. The number of carbonyl (C=O) groups is 2. The van der Waals surface area contributed by atoms with Crippen molar-refractivity contribution in [2.45, 2.75) is 0 Å². The van der Waals surface area contributed by atoms with E-state index < -0.39 is 17.5 Å². The Balaban J connectivity index is 2.48. The predicted molar refractivity (Wildman–Crippen MR) is 64.7 cm³/mol. The van der Waals surface area contributed by atoms with Crippen molar-refractivity contribution in [1.29, 1.82) is 0 Å². The van der Waals surface area contributed by atoms with E-state index in [4.69, 9.17) is 0 Å². The number of likely N-dealkylation sites (N-methyl/N-ethyl adjacent to an activating group) is 1. The maximum Gasteiger partial charge on any atom is 0.299 e. The average molecular weight is 301 g/mol. The minimum atomic E-state index is -0.656. The van der Waals surface area contributed by atoms with Crippen LogP contribution in [0.15, 0.2) is 16.6 Å². The second-order valence-electron chi connectivity index (χ2n) is 3.67. The number of nitrogens with zero attached hydrogens (tertiary/aromatic N) is 1. The average Bonchev–Trinajstić information content (AvgIpc) is 2.51. The number of rotatable bonds is 3. The van der Waals surface area contributed by atoms with Crippen molar-refractivity contribution >= 4 is 33.3 Å². The van der Waals surface area contributed by atoms with E-state index in [1.807, 2.05) is 0 Å². The minimum absolute atomic E-state index is 0.123. The molecule has 4 nitrogen and oxygen atoms in total. The number of anilines is 1. The van der Waals surface area contributed by atoms with Crippen LogP contribution in [-0.2, 0) is 4.79 Å². The molecule has 0 atom stereocenters. The van der Waals surface area contributed by atoms with Crippen LogP contribution in [0.5, 0.6) is 0 Å². The van der Waals surface area contributed by atoms with Gasteiger partial charge in [0, 0.05) is 17.6 Å². The molecule has 0 unspecified atom stereocenters. The zero-order valence-corrected chi connectivity index (χ0v) is 10.7. The number of carbonyl (C=O) groups excluding carboxylic acids is 2. The summed E-state index contributed by atoms with van der Waals surface area (Å²) in [7, 11) is 1.75. The number of hydrogen-bond acceptors (Lipinski definition) is 3. The summed E-state index contributed by atoms with van der Waals surface area (Å²) in [6, 6.07) is 2.34. The Labute approximate surface area is 106 Å². The molecule has 1 heterocycles. The van der Waals surface area contributed by atoms with Gasteiger partial charge in [0.15, 0.2) is 0 Å². The van der Waals surface area contributed by atoms with Crippen molar-refractivity contribution in [1.82, 2.24) is 5.32 Å². The molecule has 90 valence electrons. The van der Waals surface area contributed by atoms with Gasteiger partial charge in [-0.3, -0.25) is 9.59 Å². The van der Waals surface area contributed by atoms with Crippen LogP contribution in [-0.4, -0.2) is 31.8 Å². The first-order valence-electron chi connectivity index (χ1n) is 5.06. The summed E-state index contributed by atoms with van der Waals surface area (Å²) in [5.41, 5.74) is 0.578. The van der Waals surface area contributed by atoms with Crippen LogP contribution < -0.4 is 10.2 Å². The quantitative estimate of drug-likeness (QED) is 0.857. The van der Waals surface area contributed by atoms with Gasteiger partial charge in [-0.05, 0) is 35.1 Å². The smallest absolute Gasteiger partial charge is 0.299 e. The van der Waals surface area contributed by atoms with Crippen LogP contribution >= 0.6 is 15.9 Å². The molecule has 2 rings (SSSR count). The van der Waals surface area contributed by atoms with Crippen molar-refractivity contribution in [3.05, 3.63) is 28.0 Å². The number of nitrogens with one attached hydrogen (secondary N) is 1. The number of hydrogen-bond donors (Lipinski definition) is 1. The Hall–Kier alpha value is -1.27. The fraction of sp³-hybridized carbons (Fsp3) is 0.273. The van der Waals surface area contributed by atoms with E-state index in [0.717, 1.165) is 6.07 Å². The molecule has 0 bridgehead atoms. The van der Waals surface area contributed by atoms with Crippen molar-refractivity contribution in [2.24, 2.45) is 0 Å². The van der Waals surface area contributed by atoms with E-state index in [-0.39, 0.29) is 5.56 Å². The number of Topliss-reactive ketones (excluding diaryl/α,β-unsaturated/α-hetero) is 1. The second kappa shape index (κ2) is 4.54. The maximum atomic E-state index is 13.2. The number of ketones is 1. The van der Waals surface area contributed by atoms with Gasteiger partial charge in [0.05, 0.1) is 11.3 Å². The molecule has 0 fully saturated rings. The van der Waals surface area contributed by atoms with E-state index in [1.54, 1.807) is 7.05 Å². The van der Waals surface area contributed by atoms with Gasteiger partial charge >= 0.3 is 0 Å². The largest absolute Gasteiger partial charge is 0.318 e. The molecular weight excluding hydrogens is 291 g/mol. The van der Waals surface area contributed by atoms with Gasteiger partial charge < -0.3 is 10.2 Å². The molecule has 0 aliphatic carbocycles. The normalized spacial score (nSPS) is 14.4. The van der Waals surface area contributed by atoms with Crippen LogP contribution in [0.4, 0.5) is 10.1 Å². The Morgan fingerprint density at radius 2 is 2.12 bits per heavy atom. The van der Waals surface area contributed by atoms with Gasteiger partial charge in [-0.1, -0.05) is 0 Å². The molecular formula is C11H10BrFN2O2. The standard InChI is InChI=1S/C11H10BrFN2O2/c1-14-2-3-15-9-7(10(16)11(15)17)4-6(13)5-8(9)12/h4-5,14H,2-3H2,1H3. The van der Waals surface area contributed by atoms with Crippen molar-refractivity contribution in [3.8, 4) is 0 Å². The van der Waals surface area contributed by atoms with E-state index in [9.17, 15) is 14.0 Å². The monoisotopic (exact) mass is 300 g/mol. The molecule has 0 aromatic heterocycles. The van der Waals surface area contributed by atoms with Gasteiger partial charge in [-0.2, -0.15) is 0 Å². The number of amides is 1. The second-order valence-corrected chi connectivity index (χ2v) is 4.53. The first-order chi connectivity index (χ1) is 8.06. The molecule has 1 amide bonds. The lowest BCUT2D eigenvalue weighted by Gasteiger charge is -2.17. The highest BCUT2D eigenvalue weighted by Gasteiger charge is 2.37. The van der Waals surface area contributed by atoms with Gasteiger partial charge in [-0.25, -0.2) is 4.39 Å². The molecule has 1 aromatic rings. The first-order valence-corrected chi connectivity index (χ1v) is 5.85. The van der Waals surface area contributed by atoms with Crippen LogP contribution in [0, 0.1) is 5.82 Å². The third kappa shape index (κ3) is 1.98. The summed E-state index contributed by atoms with van der Waals surface area (Å²) in [6.45, 7) is 0.931. The summed E-state index contributed by atoms with van der Waals surface area (Å²) in [4.78, 5) is 24.8. The van der Waals surface area contributed by atoms with Crippen LogP contribution in [0.2, 0.25) is 0 Å². The van der Waals surface area contributed by atoms with Crippen LogP contribution in [0.1, 0.15) is 10.4 Å². The van der Waals surface area contributed by atoms with Crippen molar-refractivity contribution in [3.63, 3.8) is 0 Å². The number of benzene rings is 1. The molecule has 1 N–H and O–H groups in total.